The van der Waals surface area contributed by atoms with Crippen molar-refractivity contribution < 1.29 is 13.2 Å². The van der Waals surface area contributed by atoms with E-state index in [4.69, 9.17) is 0 Å². The van der Waals surface area contributed by atoms with Gasteiger partial charge in [0, 0.05) is 38.6 Å². The lowest BCUT2D eigenvalue weighted by Gasteiger charge is -2.29. The summed E-state index contributed by atoms with van der Waals surface area (Å²) < 4.78 is 28.0. The number of aromatic nitrogens is 1. The van der Waals surface area contributed by atoms with Crippen LogP contribution < -0.4 is 0 Å². The Labute approximate surface area is 172 Å². The Morgan fingerprint density at radius 3 is 2.76 bits per heavy atom. The zero-order chi connectivity index (χ0) is 20.4. The molecule has 0 spiro atoms. The number of carbonyl (C=O) groups is 1. The van der Waals surface area contributed by atoms with Gasteiger partial charge in [0.1, 0.15) is 0 Å². The number of nitrogens with zero attached hydrogens (tertiary/aromatic N) is 3. The molecule has 1 fully saturated rings. The van der Waals surface area contributed by atoms with Crippen LogP contribution in [0.15, 0.2) is 47.6 Å². The van der Waals surface area contributed by atoms with Crippen molar-refractivity contribution in [3.05, 3.63) is 59.4 Å². The van der Waals surface area contributed by atoms with E-state index in [1.807, 2.05) is 19.1 Å². The van der Waals surface area contributed by atoms with E-state index < -0.39 is 10.0 Å². The summed E-state index contributed by atoms with van der Waals surface area (Å²) in [7, 11) is -3.48. The third-order valence-electron chi connectivity index (χ3n) is 5.66. The fourth-order valence-electron chi connectivity index (χ4n) is 3.83. The number of amides is 1. The average Bonchev–Trinajstić information content (AvgIpc) is 3.57. The number of carbonyl (C=O) groups excluding carboxylic acids is 1. The van der Waals surface area contributed by atoms with Crippen LogP contribution in [0.25, 0.3) is 0 Å². The van der Waals surface area contributed by atoms with Crippen molar-refractivity contribution in [1.82, 2.24) is 14.2 Å². The third-order valence-corrected chi connectivity index (χ3v) is 7.52. The van der Waals surface area contributed by atoms with Crippen molar-refractivity contribution in [2.75, 3.05) is 19.6 Å². The number of benzene rings is 1. The molecule has 29 heavy (non-hydrogen) atoms. The minimum Gasteiger partial charge on any atom is -0.334 e. The Balaban J connectivity index is 1.53. The summed E-state index contributed by atoms with van der Waals surface area (Å²) in [6, 6.07) is 8.90. The molecule has 2 aromatic rings. The molecule has 0 atom stereocenters. The Bertz CT molecular complexity index is 988. The highest BCUT2D eigenvalue weighted by Crippen LogP contribution is 2.32. The van der Waals surface area contributed by atoms with E-state index in [2.05, 4.69) is 4.98 Å². The minimum absolute atomic E-state index is 0.0426. The molecule has 0 N–H and O–H groups in total. The fraction of sp³-hybridized carbons (Fsp3) is 0.455. The van der Waals surface area contributed by atoms with Gasteiger partial charge in [0.25, 0.3) is 5.91 Å². The van der Waals surface area contributed by atoms with Gasteiger partial charge >= 0.3 is 0 Å². The van der Waals surface area contributed by atoms with Gasteiger partial charge in [0.05, 0.1) is 10.5 Å². The number of hydrogen-bond donors (Lipinski definition) is 0. The highest BCUT2D eigenvalue weighted by atomic mass is 32.2. The fourth-order valence-corrected chi connectivity index (χ4v) is 5.49. The molecule has 1 aliphatic heterocycles. The van der Waals surface area contributed by atoms with E-state index in [1.165, 1.54) is 0 Å². The molecule has 1 saturated carbocycles. The van der Waals surface area contributed by atoms with E-state index >= 15 is 0 Å². The molecule has 0 radical (unpaired) electrons. The van der Waals surface area contributed by atoms with Crippen molar-refractivity contribution in [3.8, 4) is 0 Å². The molecule has 154 valence electrons. The minimum atomic E-state index is -3.48. The lowest BCUT2D eigenvalue weighted by molar-refractivity contribution is 0.0734. The zero-order valence-corrected chi connectivity index (χ0v) is 17.6. The second-order valence-electron chi connectivity index (χ2n) is 7.96. The van der Waals surface area contributed by atoms with Gasteiger partial charge < -0.3 is 4.90 Å². The first-order chi connectivity index (χ1) is 14.0. The topological polar surface area (TPSA) is 70.6 Å². The molecule has 1 aromatic carbocycles. The maximum Gasteiger partial charge on any atom is 0.255 e. The van der Waals surface area contributed by atoms with Crippen LogP contribution >= 0.6 is 0 Å². The van der Waals surface area contributed by atoms with E-state index in [0.717, 1.165) is 30.4 Å². The summed E-state index contributed by atoms with van der Waals surface area (Å²) in [6.45, 7) is 4.26. The van der Waals surface area contributed by atoms with Gasteiger partial charge in [-0.2, -0.15) is 4.31 Å². The highest BCUT2D eigenvalue weighted by molar-refractivity contribution is 7.89. The van der Waals surface area contributed by atoms with Crippen LogP contribution in [0.3, 0.4) is 0 Å². The van der Waals surface area contributed by atoms with Gasteiger partial charge in [0.15, 0.2) is 0 Å². The predicted octanol–water partition coefficient (Wildman–Crippen LogP) is 3.09. The molecular formula is C22H27N3O3S. The van der Waals surface area contributed by atoms with Crippen molar-refractivity contribution in [1.29, 1.82) is 0 Å². The number of hydrogen-bond acceptors (Lipinski definition) is 4. The number of fused-ring (bicyclic) bond motifs is 1. The lowest BCUT2D eigenvalue weighted by atomic mass is 9.99. The van der Waals surface area contributed by atoms with Crippen molar-refractivity contribution in [3.63, 3.8) is 0 Å². The Kier molecular flexibility index (Phi) is 5.69. The number of rotatable bonds is 7. The van der Waals surface area contributed by atoms with Crippen molar-refractivity contribution in [2.24, 2.45) is 5.92 Å². The maximum atomic E-state index is 13.2. The predicted molar refractivity (Wildman–Crippen MR) is 111 cm³/mol. The zero-order valence-electron chi connectivity index (χ0n) is 16.8. The second-order valence-corrected chi connectivity index (χ2v) is 9.89. The summed E-state index contributed by atoms with van der Waals surface area (Å²) in [4.78, 5) is 18.9. The summed E-state index contributed by atoms with van der Waals surface area (Å²) in [6.07, 6.45) is 6.94. The normalized spacial score (nSPS) is 16.7. The maximum absolute atomic E-state index is 13.2. The van der Waals surface area contributed by atoms with Crippen molar-refractivity contribution >= 4 is 15.9 Å². The monoisotopic (exact) mass is 413 g/mol. The van der Waals surface area contributed by atoms with Gasteiger partial charge in [-0.05, 0) is 67.0 Å². The largest absolute Gasteiger partial charge is 0.334 e. The summed E-state index contributed by atoms with van der Waals surface area (Å²) in [5.41, 5.74) is 2.60. The van der Waals surface area contributed by atoms with Crippen LogP contribution in [0.2, 0.25) is 0 Å². The van der Waals surface area contributed by atoms with Gasteiger partial charge in [-0.25, -0.2) is 8.42 Å². The van der Waals surface area contributed by atoms with Crippen LogP contribution in [-0.4, -0.2) is 48.1 Å². The van der Waals surface area contributed by atoms with E-state index in [0.29, 0.717) is 49.0 Å². The smallest absolute Gasteiger partial charge is 0.255 e. The first-order valence-corrected chi connectivity index (χ1v) is 11.7. The summed E-state index contributed by atoms with van der Waals surface area (Å²) in [5.74, 6) is 0.472. The van der Waals surface area contributed by atoms with Gasteiger partial charge in [0.2, 0.25) is 10.0 Å². The molecule has 2 heterocycles. The Morgan fingerprint density at radius 2 is 2.07 bits per heavy atom. The molecule has 1 amide bonds. The van der Waals surface area contributed by atoms with E-state index in [1.54, 1.807) is 39.8 Å². The van der Waals surface area contributed by atoms with Gasteiger partial charge in [-0.1, -0.05) is 13.0 Å². The van der Waals surface area contributed by atoms with Crippen LogP contribution in [0.4, 0.5) is 0 Å². The SMILES string of the molecule is CCCN(CC1CC1)S(=O)(=O)c1ccc2c(c1)CCN(C(=O)c1cccnc1)C2. The average molecular weight is 414 g/mol. The molecule has 2 aliphatic rings. The molecular weight excluding hydrogens is 386 g/mol. The van der Waals surface area contributed by atoms with Gasteiger partial charge in [-0.15, -0.1) is 0 Å². The molecule has 0 bridgehead atoms. The second kappa shape index (κ2) is 8.24. The van der Waals surface area contributed by atoms with Crippen molar-refractivity contribution in [2.45, 2.75) is 44.0 Å². The number of pyridine rings is 1. The molecule has 1 aliphatic carbocycles. The molecule has 6 nitrogen and oxygen atoms in total. The standard InChI is InChI=1S/C22H27N3O3S/c1-2-11-25(15-17-5-6-17)29(27,28)21-8-7-20-16-24(12-9-18(20)13-21)22(26)19-4-3-10-23-14-19/h3-4,7-8,10,13-14,17H,2,5-6,9,11-12,15-16H2,1H3. The summed E-state index contributed by atoms with van der Waals surface area (Å²) in [5, 5.41) is 0. The first-order valence-electron chi connectivity index (χ1n) is 10.3. The first kappa shape index (κ1) is 20.0. The molecule has 0 saturated heterocycles. The quantitative estimate of drug-likeness (QED) is 0.699. The lowest BCUT2D eigenvalue weighted by Crippen LogP contribution is -2.36. The Morgan fingerprint density at radius 1 is 1.24 bits per heavy atom. The van der Waals surface area contributed by atoms with Crippen LogP contribution in [0, 0.1) is 5.92 Å². The Hall–Kier alpha value is -2.25. The summed E-state index contributed by atoms with van der Waals surface area (Å²) >= 11 is 0. The molecule has 7 heteroatoms. The van der Waals surface area contributed by atoms with Gasteiger partial charge in [-0.3, -0.25) is 9.78 Å². The van der Waals surface area contributed by atoms with Crippen LogP contribution in [0.1, 0.15) is 47.7 Å². The molecule has 1 aromatic heterocycles. The van der Waals surface area contributed by atoms with Crippen LogP contribution in [0.5, 0.6) is 0 Å². The van der Waals surface area contributed by atoms with E-state index in [-0.39, 0.29) is 5.91 Å². The number of sulfonamides is 1. The third kappa shape index (κ3) is 4.36. The van der Waals surface area contributed by atoms with E-state index in [9.17, 15) is 13.2 Å². The molecule has 4 rings (SSSR count). The molecule has 0 unspecified atom stereocenters. The highest BCUT2D eigenvalue weighted by Gasteiger charge is 2.32. The van der Waals surface area contributed by atoms with Crippen LogP contribution in [-0.2, 0) is 23.0 Å².